The molecule has 2 aliphatic rings. The van der Waals surface area contributed by atoms with Gasteiger partial charge in [0.15, 0.2) is 0 Å². The normalized spacial score (nSPS) is 24.3. The highest BCUT2D eigenvalue weighted by Gasteiger charge is 2.41. The van der Waals surface area contributed by atoms with Crippen molar-refractivity contribution in [1.29, 1.82) is 0 Å². The first-order chi connectivity index (χ1) is 12.6. The smallest absolute Gasteiger partial charge is 0.230 e. The summed E-state index contributed by atoms with van der Waals surface area (Å²) in [5.41, 5.74) is 1.39. The predicted molar refractivity (Wildman–Crippen MR) is 97.1 cm³/mol. The summed E-state index contributed by atoms with van der Waals surface area (Å²) in [5.74, 6) is 1.58. The van der Waals surface area contributed by atoms with Gasteiger partial charge in [0, 0.05) is 38.4 Å². The summed E-state index contributed by atoms with van der Waals surface area (Å²) in [5, 5.41) is 8.06. The highest BCUT2D eigenvalue weighted by Crippen LogP contribution is 2.39. The minimum Gasteiger partial charge on any atom is -0.424 e. The molecule has 6 nitrogen and oxygen atoms in total. The van der Waals surface area contributed by atoms with Crippen LogP contribution in [0.1, 0.15) is 43.0 Å². The molecule has 2 aliphatic heterocycles. The van der Waals surface area contributed by atoms with Crippen LogP contribution in [0.15, 0.2) is 34.7 Å². The summed E-state index contributed by atoms with van der Waals surface area (Å²) in [6.07, 6.45) is 3.97. The van der Waals surface area contributed by atoms with Gasteiger partial charge in [0.05, 0.1) is 6.54 Å². The van der Waals surface area contributed by atoms with Crippen LogP contribution >= 0.6 is 0 Å². The predicted octanol–water partition coefficient (Wildman–Crippen LogP) is 2.78. The third-order valence-electron chi connectivity index (χ3n) is 5.63. The lowest BCUT2D eigenvalue weighted by molar-refractivity contribution is -0.140. The summed E-state index contributed by atoms with van der Waals surface area (Å²) < 4.78 is 5.55. The number of carbonyl (C=O) groups is 1. The largest absolute Gasteiger partial charge is 0.424 e. The molecule has 4 rings (SSSR count). The zero-order valence-corrected chi connectivity index (χ0v) is 15.4. The van der Waals surface area contributed by atoms with Crippen LogP contribution in [0.4, 0.5) is 0 Å². The van der Waals surface area contributed by atoms with Crippen molar-refractivity contribution in [2.75, 3.05) is 19.6 Å². The van der Waals surface area contributed by atoms with Crippen molar-refractivity contribution >= 4 is 5.91 Å². The van der Waals surface area contributed by atoms with Gasteiger partial charge in [0.1, 0.15) is 0 Å². The average molecular weight is 354 g/mol. The molecule has 0 radical (unpaired) electrons. The molecule has 3 heterocycles. The monoisotopic (exact) mass is 354 g/mol. The van der Waals surface area contributed by atoms with Crippen molar-refractivity contribution in [2.45, 2.75) is 45.7 Å². The number of rotatable bonds is 4. The lowest BCUT2D eigenvalue weighted by atomic mass is 9.73. The Kier molecular flexibility index (Phi) is 4.76. The van der Waals surface area contributed by atoms with Gasteiger partial charge in [-0.1, -0.05) is 30.3 Å². The zero-order chi connectivity index (χ0) is 18.0. The van der Waals surface area contributed by atoms with E-state index in [1.807, 2.05) is 25.1 Å². The average Bonchev–Trinajstić information content (AvgIpc) is 3.04. The first kappa shape index (κ1) is 17.2. The van der Waals surface area contributed by atoms with Crippen LogP contribution in [-0.4, -0.2) is 45.5 Å². The van der Waals surface area contributed by atoms with E-state index in [1.165, 1.54) is 12.0 Å². The molecular weight excluding hydrogens is 328 g/mol. The first-order valence-corrected chi connectivity index (χ1v) is 9.45. The molecule has 0 aliphatic carbocycles. The van der Waals surface area contributed by atoms with Crippen molar-refractivity contribution < 1.29 is 9.21 Å². The van der Waals surface area contributed by atoms with Gasteiger partial charge in [-0.05, 0) is 31.4 Å². The molecule has 1 atom stereocenters. The Balaban J connectivity index is 1.43. The van der Waals surface area contributed by atoms with Gasteiger partial charge in [-0.2, -0.15) is 0 Å². The lowest BCUT2D eigenvalue weighted by Crippen LogP contribution is -2.53. The van der Waals surface area contributed by atoms with E-state index < -0.39 is 0 Å². The van der Waals surface area contributed by atoms with Crippen molar-refractivity contribution in [2.24, 2.45) is 5.41 Å². The Bertz CT molecular complexity index is 760. The van der Waals surface area contributed by atoms with E-state index in [-0.39, 0.29) is 11.3 Å². The summed E-state index contributed by atoms with van der Waals surface area (Å²) in [7, 11) is 0. The Morgan fingerprint density at radius 1 is 1.12 bits per heavy atom. The van der Waals surface area contributed by atoms with E-state index in [0.717, 1.165) is 32.5 Å². The molecular formula is C20H26N4O2. The first-order valence-electron chi connectivity index (χ1n) is 9.45. The second kappa shape index (κ2) is 7.19. The third-order valence-corrected chi connectivity index (χ3v) is 5.63. The second-order valence-electron chi connectivity index (χ2n) is 7.76. The summed E-state index contributed by atoms with van der Waals surface area (Å²) in [6.45, 7) is 6.13. The number of benzene rings is 1. The molecule has 2 aromatic rings. The van der Waals surface area contributed by atoms with E-state index in [0.29, 0.717) is 31.3 Å². The van der Waals surface area contributed by atoms with Crippen molar-refractivity contribution in [3.8, 4) is 0 Å². The van der Waals surface area contributed by atoms with E-state index in [9.17, 15) is 4.79 Å². The standard InChI is InChI=1S/C20H26N4O2/c1-16-21-22-18(26-16)13-23-11-5-9-20(14-23)10-8-19(25)24(15-20)12-17-6-3-2-4-7-17/h2-4,6-7H,5,8-15H2,1H3/t20-/m1/s1. The number of carbonyl (C=O) groups excluding carboxylic acids is 1. The van der Waals surface area contributed by atoms with Crippen molar-refractivity contribution in [1.82, 2.24) is 20.0 Å². The summed E-state index contributed by atoms with van der Waals surface area (Å²) >= 11 is 0. The van der Waals surface area contributed by atoms with Crippen LogP contribution in [0.3, 0.4) is 0 Å². The van der Waals surface area contributed by atoms with Crippen molar-refractivity contribution in [3.63, 3.8) is 0 Å². The molecule has 6 heteroatoms. The molecule has 1 spiro atoms. The molecule has 0 N–H and O–H groups in total. The topological polar surface area (TPSA) is 62.5 Å². The van der Waals surface area contributed by atoms with Crippen LogP contribution in [0.2, 0.25) is 0 Å². The molecule has 1 aromatic carbocycles. The fourth-order valence-corrected chi connectivity index (χ4v) is 4.42. The minimum absolute atomic E-state index is 0.190. The Morgan fingerprint density at radius 2 is 1.96 bits per heavy atom. The molecule has 26 heavy (non-hydrogen) atoms. The Labute approximate surface area is 154 Å². The Hall–Kier alpha value is -2.21. The molecule has 1 aromatic heterocycles. The fourth-order valence-electron chi connectivity index (χ4n) is 4.42. The highest BCUT2D eigenvalue weighted by atomic mass is 16.4. The van der Waals surface area contributed by atoms with E-state index >= 15 is 0 Å². The molecule has 0 saturated carbocycles. The van der Waals surface area contributed by atoms with E-state index in [2.05, 4.69) is 32.1 Å². The maximum atomic E-state index is 12.5. The van der Waals surface area contributed by atoms with Gasteiger partial charge < -0.3 is 9.32 Å². The number of hydrogen-bond acceptors (Lipinski definition) is 5. The molecule has 1 amide bonds. The van der Waals surface area contributed by atoms with Gasteiger partial charge in [0.25, 0.3) is 0 Å². The molecule has 2 saturated heterocycles. The van der Waals surface area contributed by atoms with Gasteiger partial charge in [-0.25, -0.2) is 0 Å². The summed E-state index contributed by atoms with van der Waals surface area (Å²) in [6, 6.07) is 10.3. The number of aromatic nitrogens is 2. The number of nitrogens with zero attached hydrogens (tertiary/aromatic N) is 4. The molecule has 138 valence electrons. The SMILES string of the molecule is Cc1nnc(CN2CCC[C@@]3(CCC(=O)N(Cc4ccccc4)C3)C2)o1. The quantitative estimate of drug-likeness (QED) is 0.845. The molecule has 0 bridgehead atoms. The fraction of sp³-hybridized carbons (Fsp3) is 0.550. The van der Waals surface area contributed by atoms with Gasteiger partial charge >= 0.3 is 0 Å². The maximum Gasteiger partial charge on any atom is 0.230 e. The zero-order valence-electron chi connectivity index (χ0n) is 15.4. The van der Waals surface area contributed by atoms with Crippen molar-refractivity contribution in [3.05, 3.63) is 47.7 Å². The minimum atomic E-state index is 0.190. The maximum absolute atomic E-state index is 12.5. The highest BCUT2D eigenvalue weighted by molar-refractivity contribution is 5.77. The summed E-state index contributed by atoms with van der Waals surface area (Å²) in [4.78, 5) is 16.9. The number of hydrogen-bond donors (Lipinski definition) is 0. The van der Waals surface area contributed by atoms with Gasteiger partial charge in [-0.3, -0.25) is 9.69 Å². The van der Waals surface area contributed by atoms with Crippen LogP contribution in [0.5, 0.6) is 0 Å². The number of piperidine rings is 2. The molecule has 2 fully saturated rings. The lowest BCUT2D eigenvalue weighted by Gasteiger charge is -2.48. The number of aryl methyl sites for hydroxylation is 1. The van der Waals surface area contributed by atoms with Gasteiger partial charge in [0.2, 0.25) is 17.7 Å². The number of amides is 1. The number of likely N-dealkylation sites (tertiary alicyclic amines) is 2. The van der Waals surface area contributed by atoms with Crippen LogP contribution in [0, 0.1) is 12.3 Å². The van der Waals surface area contributed by atoms with Crippen LogP contribution in [-0.2, 0) is 17.9 Å². The Morgan fingerprint density at radius 3 is 2.73 bits per heavy atom. The third kappa shape index (κ3) is 3.80. The van der Waals surface area contributed by atoms with Gasteiger partial charge in [-0.15, -0.1) is 10.2 Å². The molecule has 0 unspecified atom stereocenters. The van der Waals surface area contributed by atoms with E-state index in [4.69, 9.17) is 4.42 Å². The van der Waals surface area contributed by atoms with E-state index in [1.54, 1.807) is 0 Å². The van der Waals surface area contributed by atoms with Crippen LogP contribution < -0.4 is 0 Å². The van der Waals surface area contributed by atoms with Crippen LogP contribution in [0.25, 0.3) is 0 Å². The second-order valence-corrected chi connectivity index (χ2v) is 7.76.